The summed E-state index contributed by atoms with van der Waals surface area (Å²) in [6, 6.07) is 10.9. The molecule has 0 aliphatic carbocycles. The Bertz CT molecular complexity index is 599. The highest BCUT2D eigenvalue weighted by molar-refractivity contribution is 5.79. The van der Waals surface area contributed by atoms with Crippen molar-refractivity contribution in [1.29, 1.82) is 0 Å². The minimum atomic E-state index is 0.0465. The average molecular weight is 257 g/mol. The molecule has 0 aliphatic heterocycles. The van der Waals surface area contributed by atoms with E-state index in [2.05, 4.69) is 0 Å². The van der Waals surface area contributed by atoms with E-state index in [4.69, 9.17) is 4.42 Å². The number of carbonyl (C=O) groups excluding carboxylic acids is 2. The van der Waals surface area contributed by atoms with Gasteiger partial charge in [-0.2, -0.15) is 0 Å². The Hall–Kier alpha value is -2.36. The first-order valence-corrected chi connectivity index (χ1v) is 5.94. The van der Waals surface area contributed by atoms with Crippen molar-refractivity contribution < 1.29 is 14.0 Å². The van der Waals surface area contributed by atoms with Crippen LogP contribution in [0, 0.1) is 0 Å². The molecule has 1 aromatic carbocycles. The Morgan fingerprint density at radius 3 is 2.68 bits per heavy atom. The monoisotopic (exact) mass is 257 g/mol. The highest BCUT2D eigenvalue weighted by Gasteiger charge is 2.08. The normalized spacial score (nSPS) is 10.2. The number of amides is 1. The van der Waals surface area contributed by atoms with Gasteiger partial charge in [0.1, 0.15) is 5.76 Å². The highest BCUT2D eigenvalue weighted by atomic mass is 16.3. The van der Waals surface area contributed by atoms with E-state index in [0.717, 1.165) is 11.1 Å². The molecular formula is C15H15NO3. The molecule has 0 radical (unpaired) electrons. The zero-order chi connectivity index (χ0) is 13.8. The number of benzene rings is 1. The van der Waals surface area contributed by atoms with Gasteiger partial charge in [-0.3, -0.25) is 9.59 Å². The van der Waals surface area contributed by atoms with Crippen LogP contribution in [-0.4, -0.2) is 31.2 Å². The van der Waals surface area contributed by atoms with Crippen LogP contribution in [0.2, 0.25) is 0 Å². The van der Waals surface area contributed by atoms with Gasteiger partial charge in [-0.1, -0.05) is 18.2 Å². The van der Waals surface area contributed by atoms with Gasteiger partial charge in [0.2, 0.25) is 5.91 Å². The molecule has 1 amide bonds. The van der Waals surface area contributed by atoms with Crippen molar-refractivity contribution in [2.24, 2.45) is 0 Å². The maximum atomic E-state index is 11.7. The number of aldehydes is 1. The molecule has 2 rings (SSSR count). The number of rotatable bonds is 4. The van der Waals surface area contributed by atoms with Gasteiger partial charge in [0, 0.05) is 19.7 Å². The second-order valence-corrected chi connectivity index (χ2v) is 4.49. The molecule has 4 nitrogen and oxygen atoms in total. The summed E-state index contributed by atoms with van der Waals surface area (Å²) in [7, 11) is 3.46. The molecule has 19 heavy (non-hydrogen) atoms. The van der Waals surface area contributed by atoms with Gasteiger partial charge in [-0.05, 0) is 23.8 Å². The number of nitrogens with zero attached hydrogens (tertiary/aromatic N) is 1. The van der Waals surface area contributed by atoms with E-state index in [0.29, 0.717) is 24.2 Å². The van der Waals surface area contributed by atoms with Crippen molar-refractivity contribution in [3.63, 3.8) is 0 Å². The van der Waals surface area contributed by atoms with Crippen molar-refractivity contribution in [3.8, 4) is 11.3 Å². The van der Waals surface area contributed by atoms with E-state index in [9.17, 15) is 9.59 Å². The molecule has 0 spiro atoms. The maximum Gasteiger partial charge on any atom is 0.226 e. The fraction of sp³-hybridized carbons (Fsp3) is 0.200. The number of hydrogen-bond acceptors (Lipinski definition) is 3. The molecular weight excluding hydrogens is 242 g/mol. The minimum Gasteiger partial charge on any atom is -0.453 e. The zero-order valence-electron chi connectivity index (χ0n) is 10.9. The minimum absolute atomic E-state index is 0.0465. The van der Waals surface area contributed by atoms with Gasteiger partial charge in [-0.15, -0.1) is 0 Å². The molecule has 0 N–H and O–H groups in total. The van der Waals surface area contributed by atoms with Gasteiger partial charge in [-0.25, -0.2) is 0 Å². The fourth-order valence-electron chi connectivity index (χ4n) is 1.74. The summed E-state index contributed by atoms with van der Waals surface area (Å²) in [5, 5.41) is 0. The smallest absolute Gasteiger partial charge is 0.226 e. The summed E-state index contributed by atoms with van der Waals surface area (Å²) in [6.45, 7) is 0. The third kappa shape index (κ3) is 3.10. The molecule has 98 valence electrons. The van der Waals surface area contributed by atoms with Crippen LogP contribution < -0.4 is 0 Å². The summed E-state index contributed by atoms with van der Waals surface area (Å²) < 4.78 is 5.36. The van der Waals surface area contributed by atoms with Gasteiger partial charge in [0.05, 0.1) is 6.42 Å². The SMILES string of the molecule is CN(C)C(=O)Cc1cccc(-c2ccc(C=O)o2)c1. The lowest BCUT2D eigenvalue weighted by atomic mass is 10.1. The molecule has 0 unspecified atom stereocenters. The zero-order valence-corrected chi connectivity index (χ0v) is 10.9. The fourth-order valence-corrected chi connectivity index (χ4v) is 1.74. The average Bonchev–Trinajstić information content (AvgIpc) is 2.87. The Morgan fingerprint density at radius 1 is 1.26 bits per heavy atom. The highest BCUT2D eigenvalue weighted by Crippen LogP contribution is 2.22. The molecule has 1 aromatic heterocycles. The van der Waals surface area contributed by atoms with E-state index < -0.39 is 0 Å². The van der Waals surface area contributed by atoms with E-state index in [1.165, 1.54) is 0 Å². The van der Waals surface area contributed by atoms with E-state index in [-0.39, 0.29) is 5.91 Å². The number of furan rings is 1. The molecule has 0 aliphatic rings. The molecule has 2 aromatic rings. The number of carbonyl (C=O) groups is 2. The lowest BCUT2D eigenvalue weighted by Crippen LogP contribution is -2.23. The van der Waals surface area contributed by atoms with Crippen LogP contribution in [0.5, 0.6) is 0 Å². The van der Waals surface area contributed by atoms with Crippen LogP contribution in [0.4, 0.5) is 0 Å². The van der Waals surface area contributed by atoms with Gasteiger partial charge in [0.25, 0.3) is 0 Å². The summed E-state index contributed by atoms with van der Waals surface area (Å²) in [5.41, 5.74) is 1.78. The van der Waals surface area contributed by atoms with Crippen LogP contribution in [0.3, 0.4) is 0 Å². The first-order valence-electron chi connectivity index (χ1n) is 5.94. The Morgan fingerprint density at radius 2 is 2.05 bits per heavy atom. The quantitative estimate of drug-likeness (QED) is 0.790. The molecule has 0 saturated carbocycles. The van der Waals surface area contributed by atoms with Gasteiger partial charge < -0.3 is 9.32 Å². The predicted octanol–water partition coefficient (Wildman–Crippen LogP) is 2.39. The van der Waals surface area contributed by atoms with E-state index >= 15 is 0 Å². The Labute approximate surface area is 111 Å². The Balaban J connectivity index is 2.24. The summed E-state index contributed by atoms with van der Waals surface area (Å²) >= 11 is 0. The van der Waals surface area contributed by atoms with Gasteiger partial charge >= 0.3 is 0 Å². The molecule has 0 fully saturated rings. The van der Waals surface area contributed by atoms with Gasteiger partial charge in [0.15, 0.2) is 12.0 Å². The molecule has 0 bridgehead atoms. The lowest BCUT2D eigenvalue weighted by Gasteiger charge is -2.10. The van der Waals surface area contributed by atoms with Crippen LogP contribution in [0.25, 0.3) is 11.3 Å². The summed E-state index contributed by atoms with van der Waals surface area (Å²) in [4.78, 5) is 23.8. The first kappa shape index (κ1) is 13.1. The number of hydrogen-bond donors (Lipinski definition) is 0. The van der Waals surface area contributed by atoms with Crippen molar-refractivity contribution in [2.75, 3.05) is 14.1 Å². The van der Waals surface area contributed by atoms with E-state index in [1.54, 1.807) is 31.1 Å². The molecule has 0 atom stereocenters. The summed E-state index contributed by atoms with van der Waals surface area (Å²) in [5.74, 6) is 0.969. The van der Waals surface area contributed by atoms with Crippen LogP contribution >= 0.6 is 0 Å². The van der Waals surface area contributed by atoms with E-state index in [1.807, 2.05) is 24.3 Å². The molecule has 1 heterocycles. The van der Waals surface area contributed by atoms with Crippen molar-refractivity contribution >= 4 is 12.2 Å². The third-order valence-electron chi connectivity index (χ3n) is 2.81. The van der Waals surface area contributed by atoms with Crippen LogP contribution in [0.15, 0.2) is 40.8 Å². The molecule has 4 heteroatoms. The maximum absolute atomic E-state index is 11.7. The van der Waals surface area contributed by atoms with Crippen molar-refractivity contribution in [1.82, 2.24) is 4.90 Å². The molecule has 0 saturated heterocycles. The second-order valence-electron chi connectivity index (χ2n) is 4.49. The predicted molar refractivity (Wildman–Crippen MR) is 71.9 cm³/mol. The second kappa shape index (κ2) is 5.52. The van der Waals surface area contributed by atoms with Crippen molar-refractivity contribution in [2.45, 2.75) is 6.42 Å². The van der Waals surface area contributed by atoms with Crippen molar-refractivity contribution in [3.05, 3.63) is 47.7 Å². The Kier molecular flexibility index (Phi) is 3.80. The van der Waals surface area contributed by atoms with Crippen LogP contribution in [0.1, 0.15) is 16.1 Å². The first-order chi connectivity index (χ1) is 9.10. The number of likely N-dealkylation sites (N-methyl/N-ethyl adjacent to an activating group) is 1. The standard InChI is InChI=1S/C15H15NO3/c1-16(2)15(18)9-11-4-3-5-12(8-11)14-7-6-13(10-17)19-14/h3-8,10H,9H2,1-2H3. The lowest BCUT2D eigenvalue weighted by molar-refractivity contribution is -0.127. The largest absolute Gasteiger partial charge is 0.453 e. The van der Waals surface area contributed by atoms with Crippen LogP contribution in [-0.2, 0) is 11.2 Å². The third-order valence-corrected chi connectivity index (χ3v) is 2.81. The summed E-state index contributed by atoms with van der Waals surface area (Å²) in [6.07, 6.45) is 1.02. The topological polar surface area (TPSA) is 50.5 Å².